The number of fused-ring (bicyclic) bond motifs is 1. The van der Waals surface area contributed by atoms with E-state index in [4.69, 9.17) is 10.5 Å². The lowest BCUT2D eigenvalue weighted by molar-refractivity contribution is 0.179. The number of hydrogen-bond donors (Lipinski definition) is 1. The summed E-state index contributed by atoms with van der Waals surface area (Å²) >= 11 is 0. The fourth-order valence-corrected chi connectivity index (χ4v) is 1.52. The Morgan fingerprint density at radius 3 is 3.00 bits per heavy atom. The summed E-state index contributed by atoms with van der Waals surface area (Å²) < 4.78 is 5.39. The molecule has 0 bridgehead atoms. The van der Waals surface area contributed by atoms with E-state index in [1.54, 1.807) is 0 Å². The van der Waals surface area contributed by atoms with Gasteiger partial charge in [0.2, 0.25) is 0 Å². The fraction of sp³-hybridized carbons (Fsp3) is 0.300. The van der Waals surface area contributed by atoms with E-state index in [1.807, 2.05) is 24.3 Å². The molecule has 0 fully saturated rings. The normalized spacial score (nSPS) is 20.1. The van der Waals surface area contributed by atoms with Crippen molar-refractivity contribution < 1.29 is 4.74 Å². The summed E-state index contributed by atoms with van der Waals surface area (Å²) in [7, 11) is 0. The Morgan fingerprint density at radius 1 is 1.46 bits per heavy atom. The average molecular weight is 176 g/mol. The van der Waals surface area contributed by atoms with Crippen molar-refractivity contribution in [3.05, 3.63) is 29.8 Å². The molecule has 13 heavy (non-hydrogen) atoms. The van der Waals surface area contributed by atoms with E-state index in [2.05, 4.69) is 11.9 Å². The molecule has 0 spiro atoms. The molecule has 3 heteroatoms. The third-order valence-corrected chi connectivity index (χ3v) is 2.15. The van der Waals surface area contributed by atoms with Crippen LogP contribution in [0.25, 0.3) is 0 Å². The molecule has 1 heterocycles. The molecule has 0 aromatic heterocycles. The van der Waals surface area contributed by atoms with E-state index >= 15 is 0 Å². The van der Waals surface area contributed by atoms with Crippen LogP contribution in [0, 0.1) is 0 Å². The molecule has 2 N–H and O–H groups in total. The first-order valence-corrected chi connectivity index (χ1v) is 4.41. The highest BCUT2D eigenvalue weighted by molar-refractivity contribution is 5.78. The number of amidine groups is 1. The summed E-state index contributed by atoms with van der Waals surface area (Å²) in [5.41, 5.74) is 7.60. The number of para-hydroxylation sites is 1. The van der Waals surface area contributed by atoms with Gasteiger partial charge in [0.1, 0.15) is 6.10 Å². The van der Waals surface area contributed by atoms with E-state index in [-0.39, 0.29) is 12.1 Å². The molecule has 1 aromatic carbocycles. The van der Waals surface area contributed by atoms with Crippen LogP contribution in [0.15, 0.2) is 29.3 Å². The highest BCUT2D eigenvalue weighted by Crippen LogP contribution is 2.33. The number of nitrogens with zero attached hydrogens (tertiary/aromatic N) is 1. The maximum absolute atomic E-state index is 5.54. The number of benzene rings is 1. The summed E-state index contributed by atoms with van der Waals surface area (Å²) in [6, 6.07) is 8.19. The van der Waals surface area contributed by atoms with Gasteiger partial charge in [-0.1, -0.05) is 25.1 Å². The van der Waals surface area contributed by atoms with Crippen LogP contribution in [-0.2, 0) is 4.74 Å². The maximum Gasteiger partial charge on any atom is 0.287 e. The highest BCUT2D eigenvalue weighted by Gasteiger charge is 2.19. The molecular formula is C10H12N2O. The lowest BCUT2D eigenvalue weighted by Crippen LogP contribution is -2.22. The molecule has 0 saturated heterocycles. The Morgan fingerprint density at radius 2 is 2.23 bits per heavy atom. The molecule has 0 radical (unpaired) electrons. The molecule has 0 saturated carbocycles. The van der Waals surface area contributed by atoms with E-state index in [1.165, 1.54) is 0 Å². The van der Waals surface area contributed by atoms with Gasteiger partial charge in [-0.2, -0.15) is 4.99 Å². The van der Waals surface area contributed by atoms with Gasteiger partial charge in [-0.15, -0.1) is 0 Å². The molecule has 0 aliphatic carbocycles. The topological polar surface area (TPSA) is 47.6 Å². The first-order chi connectivity index (χ1) is 6.31. The number of hydrogen-bond acceptors (Lipinski definition) is 3. The highest BCUT2D eigenvalue weighted by atomic mass is 16.5. The van der Waals surface area contributed by atoms with Crippen molar-refractivity contribution >= 4 is 11.7 Å². The molecule has 0 amide bonds. The third-order valence-electron chi connectivity index (χ3n) is 2.15. The second kappa shape index (κ2) is 3.09. The predicted molar refractivity (Wildman–Crippen MR) is 51.8 cm³/mol. The number of nitrogens with two attached hydrogens (primary N) is 1. The van der Waals surface area contributed by atoms with E-state index in [0.717, 1.165) is 17.7 Å². The van der Waals surface area contributed by atoms with Crippen LogP contribution in [-0.4, -0.2) is 6.02 Å². The van der Waals surface area contributed by atoms with Gasteiger partial charge in [0.25, 0.3) is 6.02 Å². The van der Waals surface area contributed by atoms with Crippen LogP contribution in [0.2, 0.25) is 0 Å². The zero-order valence-corrected chi connectivity index (χ0v) is 7.53. The number of ether oxygens (including phenoxy) is 1. The van der Waals surface area contributed by atoms with Crippen molar-refractivity contribution in [1.29, 1.82) is 0 Å². The summed E-state index contributed by atoms with van der Waals surface area (Å²) in [5, 5.41) is 0. The van der Waals surface area contributed by atoms with Crippen LogP contribution in [0.1, 0.15) is 25.0 Å². The second-order valence-corrected chi connectivity index (χ2v) is 3.02. The molecule has 1 unspecified atom stereocenters. The third kappa shape index (κ3) is 1.37. The van der Waals surface area contributed by atoms with Crippen LogP contribution < -0.4 is 5.73 Å². The van der Waals surface area contributed by atoms with Crippen molar-refractivity contribution in [2.24, 2.45) is 10.7 Å². The number of aliphatic imine (C=N–C) groups is 1. The second-order valence-electron chi connectivity index (χ2n) is 3.02. The van der Waals surface area contributed by atoms with E-state index in [9.17, 15) is 0 Å². The maximum atomic E-state index is 5.54. The van der Waals surface area contributed by atoms with Crippen LogP contribution in [0.3, 0.4) is 0 Å². The van der Waals surface area contributed by atoms with Gasteiger partial charge >= 0.3 is 0 Å². The molecule has 2 rings (SSSR count). The smallest absolute Gasteiger partial charge is 0.287 e. The Labute approximate surface area is 77.2 Å². The zero-order chi connectivity index (χ0) is 9.26. The summed E-state index contributed by atoms with van der Waals surface area (Å²) in [6.45, 7) is 2.07. The largest absolute Gasteiger partial charge is 0.457 e. The van der Waals surface area contributed by atoms with Gasteiger partial charge in [0.05, 0.1) is 5.69 Å². The fourth-order valence-electron chi connectivity index (χ4n) is 1.52. The minimum atomic E-state index is 0.0636. The lowest BCUT2D eigenvalue weighted by atomic mass is 10.0. The van der Waals surface area contributed by atoms with Crippen LogP contribution in [0.5, 0.6) is 0 Å². The first kappa shape index (κ1) is 8.10. The van der Waals surface area contributed by atoms with E-state index < -0.39 is 0 Å². The van der Waals surface area contributed by atoms with Crippen molar-refractivity contribution in [2.45, 2.75) is 19.4 Å². The Hall–Kier alpha value is -1.51. The van der Waals surface area contributed by atoms with Gasteiger partial charge in [-0.3, -0.25) is 0 Å². The predicted octanol–water partition coefficient (Wildman–Crippen LogP) is 2.11. The summed E-state index contributed by atoms with van der Waals surface area (Å²) in [6.07, 6.45) is 0.974. The minimum Gasteiger partial charge on any atom is -0.457 e. The van der Waals surface area contributed by atoms with E-state index in [0.29, 0.717) is 0 Å². The SMILES string of the molecule is CCC1OC(N)=Nc2ccccc21. The Bertz CT molecular complexity index is 347. The average Bonchev–Trinajstić information content (AvgIpc) is 2.16. The first-order valence-electron chi connectivity index (χ1n) is 4.41. The molecule has 1 aliphatic rings. The molecule has 68 valence electrons. The standard InChI is InChI=1S/C10H12N2O/c1-2-9-7-5-3-4-6-8(7)12-10(11)13-9/h3-6,9H,2H2,1H3,(H2,11,12). The molecule has 1 aliphatic heterocycles. The van der Waals surface area contributed by atoms with Gasteiger partial charge in [-0.25, -0.2) is 0 Å². The molecule has 1 atom stereocenters. The van der Waals surface area contributed by atoms with Crippen LogP contribution in [0.4, 0.5) is 5.69 Å². The van der Waals surface area contributed by atoms with Crippen molar-refractivity contribution in [2.75, 3.05) is 0 Å². The molecule has 3 nitrogen and oxygen atoms in total. The van der Waals surface area contributed by atoms with Crippen molar-refractivity contribution in [3.8, 4) is 0 Å². The van der Waals surface area contributed by atoms with Gasteiger partial charge < -0.3 is 10.5 Å². The monoisotopic (exact) mass is 176 g/mol. The number of rotatable bonds is 1. The van der Waals surface area contributed by atoms with Crippen molar-refractivity contribution in [3.63, 3.8) is 0 Å². The minimum absolute atomic E-state index is 0.0636. The van der Waals surface area contributed by atoms with Gasteiger partial charge in [0.15, 0.2) is 0 Å². The molecule has 1 aromatic rings. The zero-order valence-electron chi connectivity index (χ0n) is 7.53. The van der Waals surface area contributed by atoms with Gasteiger partial charge in [-0.05, 0) is 12.5 Å². The molecular weight excluding hydrogens is 164 g/mol. The van der Waals surface area contributed by atoms with Crippen LogP contribution >= 0.6 is 0 Å². The lowest BCUT2D eigenvalue weighted by Gasteiger charge is -2.22. The Kier molecular flexibility index (Phi) is 1.93. The Balaban J connectivity index is 2.48. The summed E-state index contributed by atoms with van der Waals surface area (Å²) in [4.78, 5) is 4.12. The summed E-state index contributed by atoms with van der Waals surface area (Å²) in [5.74, 6) is 0. The van der Waals surface area contributed by atoms with Gasteiger partial charge in [0, 0.05) is 5.56 Å². The quantitative estimate of drug-likeness (QED) is 0.712. The van der Waals surface area contributed by atoms with Crippen molar-refractivity contribution in [1.82, 2.24) is 0 Å².